The van der Waals surface area contributed by atoms with Crippen molar-refractivity contribution < 1.29 is 4.39 Å². The largest absolute Gasteiger partial charge is 0.330 e. The molecule has 0 bridgehead atoms. The van der Waals surface area contributed by atoms with Gasteiger partial charge in [0.15, 0.2) is 0 Å². The van der Waals surface area contributed by atoms with E-state index in [2.05, 4.69) is 15.3 Å². The van der Waals surface area contributed by atoms with E-state index in [1.54, 1.807) is 10.9 Å². The third-order valence-corrected chi connectivity index (χ3v) is 2.58. The van der Waals surface area contributed by atoms with Gasteiger partial charge in [0, 0.05) is 12.4 Å². The summed E-state index contributed by atoms with van der Waals surface area (Å²) in [5.41, 5.74) is 7.14. The number of pyridine rings is 1. The molecule has 0 radical (unpaired) electrons. The molecule has 2 rings (SSSR count). The number of nitrogens with zero attached hydrogens (tertiary/aromatic N) is 4. The Hall–Kier alpha value is -1.82. The average Bonchev–Trinajstić information content (AvgIpc) is 2.77. The molecule has 2 heterocycles. The van der Waals surface area contributed by atoms with Crippen LogP contribution in [0.2, 0.25) is 0 Å². The number of rotatable bonds is 6. The summed E-state index contributed by atoms with van der Waals surface area (Å²) >= 11 is 0. The summed E-state index contributed by atoms with van der Waals surface area (Å²) in [6.07, 6.45) is 7.55. The first-order valence-electron chi connectivity index (χ1n) is 5.96. The summed E-state index contributed by atoms with van der Waals surface area (Å²) in [7, 11) is 0. The zero-order chi connectivity index (χ0) is 12.8. The molecule has 0 unspecified atom stereocenters. The second-order valence-corrected chi connectivity index (χ2v) is 4.16. The number of hydrogen-bond acceptors (Lipinski definition) is 4. The van der Waals surface area contributed by atoms with Gasteiger partial charge >= 0.3 is 0 Å². The Bertz CT molecular complexity index is 497. The lowest BCUT2D eigenvalue weighted by molar-refractivity contribution is 0.606. The van der Waals surface area contributed by atoms with E-state index >= 15 is 0 Å². The molecule has 96 valence electrons. The topological polar surface area (TPSA) is 69.6 Å². The van der Waals surface area contributed by atoms with Crippen LogP contribution in [0.5, 0.6) is 0 Å². The predicted molar refractivity (Wildman–Crippen MR) is 65.3 cm³/mol. The lowest BCUT2D eigenvalue weighted by atomic mass is 10.2. The zero-order valence-electron chi connectivity index (χ0n) is 10.1. The Kier molecular flexibility index (Phi) is 4.35. The van der Waals surface area contributed by atoms with Crippen molar-refractivity contribution in [3.05, 3.63) is 41.7 Å². The minimum Gasteiger partial charge on any atom is -0.330 e. The van der Waals surface area contributed by atoms with Crippen LogP contribution < -0.4 is 5.73 Å². The molecule has 2 aromatic heterocycles. The van der Waals surface area contributed by atoms with Crippen molar-refractivity contribution in [1.82, 2.24) is 20.0 Å². The normalized spacial score (nSPS) is 10.8. The highest BCUT2D eigenvalue weighted by Crippen LogP contribution is 2.05. The van der Waals surface area contributed by atoms with Gasteiger partial charge in [-0.05, 0) is 37.4 Å². The standard InChI is InChI=1S/C12H16FN5/c13-11-5-10(6-15-7-11)8-18-9-12(16-17-18)3-1-2-4-14/h5-7,9H,1-4,8,14H2. The Morgan fingerprint density at radius 2 is 2.17 bits per heavy atom. The van der Waals surface area contributed by atoms with Crippen LogP contribution in [0, 0.1) is 5.82 Å². The number of halogens is 1. The van der Waals surface area contributed by atoms with Crippen molar-refractivity contribution in [3.63, 3.8) is 0 Å². The van der Waals surface area contributed by atoms with Crippen LogP contribution in [0.3, 0.4) is 0 Å². The monoisotopic (exact) mass is 249 g/mol. The minimum atomic E-state index is -0.337. The molecule has 2 N–H and O–H groups in total. The molecule has 0 saturated carbocycles. The van der Waals surface area contributed by atoms with E-state index in [-0.39, 0.29) is 5.82 Å². The first-order chi connectivity index (χ1) is 8.78. The molecule has 5 nitrogen and oxygen atoms in total. The molecule has 0 spiro atoms. The summed E-state index contributed by atoms with van der Waals surface area (Å²) in [5, 5.41) is 8.07. The second kappa shape index (κ2) is 6.20. The molecule has 0 aromatic carbocycles. The number of aromatic nitrogens is 4. The van der Waals surface area contributed by atoms with E-state index in [0.717, 1.165) is 30.5 Å². The Morgan fingerprint density at radius 1 is 1.28 bits per heavy atom. The minimum absolute atomic E-state index is 0.337. The van der Waals surface area contributed by atoms with Gasteiger partial charge in [0.25, 0.3) is 0 Å². The quantitative estimate of drug-likeness (QED) is 0.779. The van der Waals surface area contributed by atoms with Crippen LogP contribution in [-0.2, 0) is 13.0 Å². The predicted octanol–water partition coefficient (Wildman–Crippen LogP) is 1.14. The second-order valence-electron chi connectivity index (χ2n) is 4.16. The van der Waals surface area contributed by atoms with Gasteiger partial charge in [-0.3, -0.25) is 4.98 Å². The average molecular weight is 249 g/mol. The van der Waals surface area contributed by atoms with E-state index in [1.807, 2.05) is 6.20 Å². The summed E-state index contributed by atoms with van der Waals surface area (Å²) < 4.78 is 14.6. The third-order valence-electron chi connectivity index (χ3n) is 2.58. The van der Waals surface area contributed by atoms with Gasteiger partial charge in [-0.1, -0.05) is 5.21 Å². The van der Waals surface area contributed by atoms with E-state index < -0.39 is 0 Å². The van der Waals surface area contributed by atoms with Crippen molar-refractivity contribution >= 4 is 0 Å². The maximum Gasteiger partial charge on any atom is 0.141 e. The number of aryl methyl sites for hydroxylation is 1. The fraction of sp³-hybridized carbons (Fsp3) is 0.417. The SMILES string of the molecule is NCCCCc1cn(Cc2cncc(F)c2)nn1. The summed E-state index contributed by atoms with van der Waals surface area (Å²) in [4.78, 5) is 3.80. The van der Waals surface area contributed by atoms with E-state index in [0.29, 0.717) is 13.1 Å². The van der Waals surface area contributed by atoms with Gasteiger partial charge in [0.1, 0.15) is 5.82 Å². The molecule has 0 atom stereocenters. The molecule has 0 aliphatic rings. The molecule has 0 saturated heterocycles. The third kappa shape index (κ3) is 3.59. The van der Waals surface area contributed by atoms with Crippen molar-refractivity contribution in [2.75, 3.05) is 6.54 Å². The summed E-state index contributed by atoms with van der Waals surface area (Å²) in [6, 6.07) is 1.45. The van der Waals surface area contributed by atoms with Crippen molar-refractivity contribution in [3.8, 4) is 0 Å². The summed E-state index contributed by atoms with van der Waals surface area (Å²) in [5.74, 6) is -0.337. The van der Waals surface area contributed by atoms with Crippen LogP contribution in [0.25, 0.3) is 0 Å². The molecule has 18 heavy (non-hydrogen) atoms. The van der Waals surface area contributed by atoms with Crippen LogP contribution in [0.15, 0.2) is 24.7 Å². The van der Waals surface area contributed by atoms with Crippen LogP contribution in [0.1, 0.15) is 24.1 Å². The van der Waals surface area contributed by atoms with Gasteiger partial charge in [-0.15, -0.1) is 5.10 Å². The van der Waals surface area contributed by atoms with Crippen molar-refractivity contribution in [2.45, 2.75) is 25.8 Å². The van der Waals surface area contributed by atoms with Crippen LogP contribution in [-0.4, -0.2) is 26.5 Å². The Balaban J connectivity index is 1.94. The number of nitrogens with two attached hydrogens (primary N) is 1. The molecule has 2 aromatic rings. The molecule has 0 amide bonds. The van der Waals surface area contributed by atoms with E-state index in [1.165, 1.54) is 12.3 Å². The highest BCUT2D eigenvalue weighted by molar-refractivity contribution is 5.10. The van der Waals surface area contributed by atoms with Crippen molar-refractivity contribution in [2.24, 2.45) is 5.73 Å². The molecular weight excluding hydrogens is 233 g/mol. The van der Waals surface area contributed by atoms with Crippen LogP contribution >= 0.6 is 0 Å². The Labute approximate surface area is 105 Å². The lowest BCUT2D eigenvalue weighted by Gasteiger charge is -1.99. The van der Waals surface area contributed by atoms with Gasteiger partial charge in [0.05, 0.1) is 18.4 Å². The lowest BCUT2D eigenvalue weighted by Crippen LogP contribution is -2.01. The van der Waals surface area contributed by atoms with Gasteiger partial charge in [-0.25, -0.2) is 9.07 Å². The van der Waals surface area contributed by atoms with Gasteiger partial charge in [-0.2, -0.15) is 0 Å². The maximum absolute atomic E-state index is 13.0. The molecule has 6 heteroatoms. The highest BCUT2D eigenvalue weighted by Gasteiger charge is 2.02. The van der Waals surface area contributed by atoms with E-state index in [9.17, 15) is 4.39 Å². The highest BCUT2D eigenvalue weighted by atomic mass is 19.1. The van der Waals surface area contributed by atoms with Gasteiger partial charge < -0.3 is 5.73 Å². The molecule has 0 aliphatic carbocycles. The first kappa shape index (κ1) is 12.6. The first-order valence-corrected chi connectivity index (χ1v) is 5.96. The maximum atomic E-state index is 13.0. The number of unbranched alkanes of at least 4 members (excludes halogenated alkanes) is 1. The van der Waals surface area contributed by atoms with E-state index in [4.69, 9.17) is 5.73 Å². The molecule has 0 aliphatic heterocycles. The van der Waals surface area contributed by atoms with Gasteiger partial charge in [0.2, 0.25) is 0 Å². The van der Waals surface area contributed by atoms with Crippen LogP contribution in [0.4, 0.5) is 4.39 Å². The fourth-order valence-corrected chi connectivity index (χ4v) is 1.71. The van der Waals surface area contributed by atoms with Crippen molar-refractivity contribution in [1.29, 1.82) is 0 Å². The smallest absolute Gasteiger partial charge is 0.141 e. The number of hydrogen-bond donors (Lipinski definition) is 1. The molecular formula is C12H16FN5. The summed E-state index contributed by atoms with van der Waals surface area (Å²) in [6.45, 7) is 1.18. The Morgan fingerprint density at radius 3 is 2.94 bits per heavy atom. The zero-order valence-corrected chi connectivity index (χ0v) is 10.1. The molecule has 0 fully saturated rings. The fourth-order valence-electron chi connectivity index (χ4n) is 1.71.